The Morgan fingerprint density at radius 3 is 2.77 bits per heavy atom. The zero-order valence-corrected chi connectivity index (χ0v) is 13.5. The highest BCUT2D eigenvalue weighted by Crippen LogP contribution is 2.33. The lowest BCUT2D eigenvalue weighted by Crippen LogP contribution is -2.21. The lowest BCUT2D eigenvalue weighted by Gasteiger charge is -2.09. The van der Waals surface area contributed by atoms with Gasteiger partial charge in [0, 0.05) is 5.69 Å². The second kappa shape index (κ2) is 6.34. The van der Waals surface area contributed by atoms with Crippen molar-refractivity contribution in [3.05, 3.63) is 52.5 Å². The Kier molecular flexibility index (Phi) is 4.27. The van der Waals surface area contributed by atoms with E-state index in [9.17, 15) is 4.79 Å². The zero-order valence-electron chi connectivity index (χ0n) is 11.9. The third kappa shape index (κ3) is 3.21. The number of nitrogens with zero attached hydrogens (tertiary/aromatic N) is 1. The highest BCUT2D eigenvalue weighted by molar-refractivity contribution is 7.18. The largest absolute Gasteiger partial charge is 0.373 e. The fourth-order valence-electron chi connectivity index (χ4n) is 2.14. The van der Waals surface area contributed by atoms with E-state index in [0.29, 0.717) is 10.7 Å². The van der Waals surface area contributed by atoms with Crippen molar-refractivity contribution in [2.75, 3.05) is 17.2 Å². The summed E-state index contributed by atoms with van der Waals surface area (Å²) in [5, 5.41) is 7.44. The molecule has 2 N–H and O–H groups in total. The number of halogens is 1. The summed E-state index contributed by atoms with van der Waals surface area (Å²) in [5.41, 5.74) is 2.28. The van der Waals surface area contributed by atoms with Crippen molar-refractivity contribution in [2.24, 2.45) is 0 Å². The van der Waals surface area contributed by atoms with E-state index in [1.54, 1.807) is 11.3 Å². The molecule has 22 heavy (non-hydrogen) atoms. The number of benzene rings is 2. The maximum absolute atomic E-state index is 12.0. The predicted molar refractivity (Wildman–Crippen MR) is 92.9 cm³/mol. The van der Waals surface area contributed by atoms with E-state index >= 15 is 0 Å². The number of hydrogen-bond donors (Lipinski definition) is 2. The second-order valence-corrected chi connectivity index (χ2v) is 6.41. The SMILES string of the molecule is Cc1nc2c(NCC(=O)Nc3ccccc3)c(Cl)ccc2s1. The maximum atomic E-state index is 12.0. The molecular formula is C16H14ClN3OS. The molecule has 0 atom stereocenters. The molecule has 0 aliphatic heterocycles. The number of aromatic nitrogens is 1. The van der Waals surface area contributed by atoms with E-state index in [1.165, 1.54) is 0 Å². The number of rotatable bonds is 4. The molecule has 1 amide bonds. The van der Waals surface area contributed by atoms with Gasteiger partial charge in [-0.2, -0.15) is 0 Å². The topological polar surface area (TPSA) is 54.0 Å². The summed E-state index contributed by atoms with van der Waals surface area (Å²) in [7, 11) is 0. The first-order valence-electron chi connectivity index (χ1n) is 6.78. The van der Waals surface area contributed by atoms with Crippen molar-refractivity contribution in [2.45, 2.75) is 6.92 Å². The van der Waals surface area contributed by atoms with Crippen LogP contribution in [0.4, 0.5) is 11.4 Å². The summed E-state index contributed by atoms with van der Waals surface area (Å²) < 4.78 is 1.05. The molecule has 4 nitrogen and oxygen atoms in total. The van der Waals surface area contributed by atoms with Crippen LogP contribution in [0.25, 0.3) is 10.2 Å². The van der Waals surface area contributed by atoms with E-state index in [0.717, 1.165) is 20.9 Å². The molecule has 1 heterocycles. The van der Waals surface area contributed by atoms with Crippen molar-refractivity contribution in [3.8, 4) is 0 Å². The van der Waals surface area contributed by atoms with Crippen LogP contribution in [-0.2, 0) is 4.79 Å². The average Bonchev–Trinajstić information content (AvgIpc) is 2.88. The van der Waals surface area contributed by atoms with Crippen molar-refractivity contribution < 1.29 is 4.79 Å². The third-order valence-electron chi connectivity index (χ3n) is 3.10. The van der Waals surface area contributed by atoms with Crippen molar-refractivity contribution in [1.82, 2.24) is 4.98 Å². The molecule has 0 fully saturated rings. The van der Waals surface area contributed by atoms with Crippen molar-refractivity contribution >= 4 is 50.4 Å². The molecule has 0 saturated carbocycles. The Morgan fingerprint density at radius 1 is 1.23 bits per heavy atom. The molecule has 3 aromatic rings. The summed E-state index contributed by atoms with van der Waals surface area (Å²) in [6, 6.07) is 13.1. The number of anilines is 2. The van der Waals surface area contributed by atoms with Gasteiger partial charge in [0.1, 0.15) is 5.52 Å². The highest BCUT2D eigenvalue weighted by atomic mass is 35.5. The van der Waals surface area contributed by atoms with Gasteiger partial charge >= 0.3 is 0 Å². The molecule has 0 aliphatic carbocycles. The van der Waals surface area contributed by atoms with Gasteiger partial charge in [0.25, 0.3) is 0 Å². The first-order chi connectivity index (χ1) is 10.6. The smallest absolute Gasteiger partial charge is 0.243 e. The van der Waals surface area contributed by atoms with Crippen LogP contribution in [0, 0.1) is 6.92 Å². The van der Waals surface area contributed by atoms with Crippen molar-refractivity contribution in [3.63, 3.8) is 0 Å². The molecule has 0 spiro atoms. The molecular weight excluding hydrogens is 318 g/mol. The number of carbonyl (C=O) groups is 1. The minimum absolute atomic E-state index is 0.129. The lowest BCUT2D eigenvalue weighted by molar-refractivity contribution is -0.114. The molecule has 0 bridgehead atoms. The fourth-order valence-corrected chi connectivity index (χ4v) is 3.20. The van der Waals surface area contributed by atoms with Gasteiger partial charge in [-0.05, 0) is 31.2 Å². The number of hydrogen-bond acceptors (Lipinski definition) is 4. The van der Waals surface area contributed by atoms with Gasteiger partial charge in [0.05, 0.1) is 27.0 Å². The van der Waals surface area contributed by atoms with Gasteiger partial charge in [0.2, 0.25) is 5.91 Å². The summed E-state index contributed by atoms with van der Waals surface area (Å²) in [6.45, 7) is 2.08. The minimum Gasteiger partial charge on any atom is -0.373 e. The van der Waals surface area contributed by atoms with E-state index in [2.05, 4.69) is 15.6 Å². The number of aryl methyl sites for hydroxylation is 1. The molecule has 0 radical (unpaired) electrons. The van der Waals surface area contributed by atoms with Crippen LogP contribution < -0.4 is 10.6 Å². The van der Waals surface area contributed by atoms with Gasteiger partial charge in [-0.3, -0.25) is 4.79 Å². The van der Waals surface area contributed by atoms with Gasteiger partial charge in [-0.15, -0.1) is 11.3 Å². The molecule has 0 saturated heterocycles. The van der Waals surface area contributed by atoms with E-state index in [1.807, 2.05) is 49.4 Å². The maximum Gasteiger partial charge on any atom is 0.243 e. The number of fused-ring (bicyclic) bond motifs is 1. The summed E-state index contributed by atoms with van der Waals surface area (Å²) in [6.07, 6.45) is 0. The highest BCUT2D eigenvalue weighted by Gasteiger charge is 2.11. The average molecular weight is 332 g/mol. The monoisotopic (exact) mass is 331 g/mol. The van der Waals surface area contributed by atoms with Gasteiger partial charge in [-0.25, -0.2) is 4.98 Å². The van der Waals surface area contributed by atoms with Crippen LogP contribution in [0.15, 0.2) is 42.5 Å². The number of carbonyl (C=O) groups excluding carboxylic acids is 1. The van der Waals surface area contributed by atoms with Gasteiger partial charge in [0.15, 0.2) is 0 Å². The fraction of sp³-hybridized carbons (Fsp3) is 0.125. The summed E-state index contributed by atoms with van der Waals surface area (Å²) in [5.74, 6) is -0.133. The number of nitrogens with one attached hydrogen (secondary N) is 2. The van der Waals surface area contributed by atoms with Gasteiger partial charge < -0.3 is 10.6 Å². The van der Waals surface area contributed by atoms with Crippen LogP contribution in [0.2, 0.25) is 5.02 Å². The Bertz CT molecular complexity index is 817. The van der Waals surface area contributed by atoms with E-state index in [-0.39, 0.29) is 12.5 Å². The standard InChI is InChI=1S/C16H14ClN3OS/c1-10-19-16-13(22-10)8-7-12(17)15(16)18-9-14(21)20-11-5-3-2-4-6-11/h2-8,18H,9H2,1H3,(H,20,21). The number of thiazole rings is 1. The molecule has 0 unspecified atom stereocenters. The Hall–Kier alpha value is -2.11. The van der Waals surface area contributed by atoms with Crippen LogP contribution in [-0.4, -0.2) is 17.4 Å². The summed E-state index contributed by atoms with van der Waals surface area (Å²) >= 11 is 7.83. The van der Waals surface area contributed by atoms with Crippen molar-refractivity contribution in [1.29, 1.82) is 0 Å². The summed E-state index contributed by atoms with van der Waals surface area (Å²) in [4.78, 5) is 16.5. The van der Waals surface area contributed by atoms with Crippen LogP contribution in [0.5, 0.6) is 0 Å². The first-order valence-corrected chi connectivity index (χ1v) is 7.97. The molecule has 3 rings (SSSR count). The van der Waals surface area contributed by atoms with Gasteiger partial charge in [-0.1, -0.05) is 29.8 Å². The number of amides is 1. The normalized spacial score (nSPS) is 10.6. The molecule has 2 aromatic carbocycles. The lowest BCUT2D eigenvalue weighted by atomic mass is 10.2. The minimum atomic E-state index is -0.133. The van der Waals surface area contributed by atoms with E-state index < -0.39 is 0 Å². The first kappa shape index (κ1) is 14.8. The third-order valence-corrected chi connectivity index (χ3v) is 4.35. The Morgan fingerprint density at radius 2 is 2.00 bits per heavy atom. The van der Waals surface area contributed by atoms with Crippen LogP contribution in [0.1, 0.15) is 5.01 Å². The quantitative estimate of drug-likeness (QED) is 0.749. The van der Waals surface area contributed by atoms with E-state index in [4.69, 9.17) is 11.6 Å². The molecule has 6 heteroatoms. The Labute approximate surface area is 137 Å². The van der Waals surface area contributed by atoms with Crippen LogP contribution >= 0.6 is 22.9 Å². The molecule has 1 aromatic heterocycles. The number of para-hydroxylation sites is 1. The predicted octanol–water partition coefficient (Wildman–Crippen LogP) is 4.31. The van der Waals surface area contributed by atoms with Crippen LogP contribution in [0.3, 0.4) is 0 Å². The Balaban J connectivity index is 1.73. The molecule has 0 aliphatic rings. The second-order valence-electron chi connectivity index (χ2n) is 4.77. The molecule has 112 valence electrons. The zero-order chi connectivity index (χ0) is 15.5.